The van der Waals surface area contributed by atoms with Gasteiger partial charge in [-0.3, -0.25) is 19.7 Å². The second-order valence-corrected chi connectivity index (χ2v) is 6.39. The average Bonchev–Trinajstić information content (AvgIpc) is 3.21. The first-order valence-corrected chi connectivity index (χ1v) is 8.42. The molecule has 0 saturated carbocycles. The lowest BCUT2D eigenvalue weighted by Gasteiger charge is -2.03. The van der Waals surface area contributed by atoms with Crippen molar-refractivity contribution in [3.63, 3.8) is 0 Å². The molecule has 0 spiro atoms. The Balaban J connectivity index is 1.87. The minimum Gasteiger partial charge on any atom is -0.497 e. The van der Waals surface area contributed by atoms with Crippen molar-refractivity contribution in [3.8, 4) is 17.1 Å². The third-order valence-electron chi connectivity index (χ3n) is 3.47. The number of amidine groups is 1. The molecule has 1 aromatic heterocycles. The van der Waals surface area contributed by atoms with Gasteiger partial charge in [0.15, 0.2) is 5.17 Å². The van der Waals surface area contributed by atoms with Gasteiger partial charge in [-0.15, -0.1) is 0 Å². The fourth-order valence-electron chi connectivity index (χ4n) is 2.32. The molecule has 2 amide bonds. The van der Waals surface area contributed by atoms with Crippen molar-refractivity contribution in [2.24, 2.45) is 4.99 Å². The maximum Gasteiger partial charge on any atom is 0.286 e. The smallest absolute Gasteiger partial charge is 0.286 e. The lowest BCUT2D eigenvalue weighted by atomic mass is 10.1. The second-order valence-electron chi connectivity index (χ2n) is 5.36. The number of benzene rings is 1. The molecular formula is C17H13N3O6S. The molecule has 10 heteroatoms. The normalized spacial score (nSPS) is 15.0. The topological polar surface area (TPSA) is 124 Å². The van der Waals surface area contributed by atoms with E-state index in [9.17, 15) is 19.7 Å². The Bertz CT molecular complexity index is 1010. The number of nitrogens with one attached hydrogen (secondary N) is 1. The minimum atomic E-state index is -0.525. The highest BCUT2D eigenvalue weighted by Crippen LogP contribution is 2.35. The minimum absolute atomic E-state index is 0.162. The van der Waals surface area contributed by atoms with Gasteiger partial charge in [-0.1, -0.05) is 0 Å². The lowest BCUT2D eigenvalue weighted by molar-refractivity contribution is -0.384. The molecular weight excluding hydrogens is 374 g/mol. The van der Waals surface area contributed by atoms with Gasteiger partial charge in [0.2, 0.25) is 5.91 Å². The van der Waals surface area contributed by atoms with Crippen LogP contribution in [0.4, 0.5) is 5.69 Å². The maximum absolute atomic E-state index is 11.9. The number of amides is 2. The van der Waals surface area contributed by atoms with Crippen LogP contribution in [0, 0.1) is 10.1 Å². The molecule has 2 aromatic rings. The van der Waals surface area contributed by atoms with Crippen molar-refractivity contribution in [1.82, 2.24) is 5.32 Å². The predicted octanol–water partition coefficient (Wildman–Crippen LogP) is 2.97. The highest BCUT2D eigenvalue weighted by atomic mass is 32.2. The zero-order chi connectivity index (χ0) is 19.6. The fraction of sp³-hybridized carbons (Fsp3) is 0.118. The molecule has 9 nitrogen and oxygen atoms in total. The van der Waals surface area contributed by atoms with E-state index in [0.29, 0.717) is 11.5 Å². The van der Waals surface area contributed by atoms with Crippen LogP contribution < -0.4 is 10.1 Å². The fourth-order valence-corrected chi connectivity index (χ4v) is 3.16. The lowest BCUT2D eigenvalue weighted by Crippen LogP contribution is -2.23. The molecule has 3 rings (SSSR count). The number of nitrogens with zero attached hydrogens (tertiary/aromatic N) is 2. The predicted molar refractivity (Wildman–Crippen MR) is 99.2 cm³/mol. The summed E-state index contributed by atoms with van der Waals surface area (Å²) in [7, 11) is 1.42. The highest BCUT2D eigenvalue weighted by molar-refractivity contribution is 8.18. The molecule has 0 bridgehead atoms. The van der Waals surface area contributed by atoms with Crippen LogP contribution in [-0.2, 0) is 9.59 Å². The Morgan fingerprint density at radius 3 is 2.81 bits per heavy atom. The van der Waals surface area contributed by atoms with Gasteiger partial charge in [-0.05, 0) is 36.0 Å². The van der Waals surface area contributed by atoms with E-state index >= 15 is 0 Å². The van der Waals surface area contributed by atoms with E-state index in [4.69, 9.17) is 9.15 Å². The van der Waals surface area contributed by atoms with Crippen LogP contribution in [0.1, 0.15) is 12.7 Å². The van der Waals surface area contributed by atoms with Crippen LogP contribution in [0.3, 0.4) is 0 Å². The molecule has 2 heterocycles. The molecule has 27 heavy (non-hydrogen) atoms. The number of thioether (sulfide) groups is 1. The Morgan fingerprint density at radius 1 is 1.37 bits per heavy atom. The second kappa shape index (κ2) is 7.46. The van der Waals surface area contributed by atoms with E-state index in [2.05, 4.69) is 10.3 Å². The summed E-state index contributed by atoms with van der Waals surface area (Å²) in [6, 6.07) is 7.58. The number of nitro groups is 1. The molecule has 1 aliphatic heterocycles. The number of methoxy groups -OCH3 is 1. The molecule has 0 fully saturated rings. The summed E-state index contributed by atoms with van der Waals surface area (Å²) in [5.74, 6) is 0.120. The van der Waals surface area contributed by atoms with Crippen molar-refractivity contribution in [3.05, 3.63) is 51.1 Å². The Labute approximate surface area is 157 Å². The summed E-state index contributed by atoms with van der Waals surface area (Å²) in [4.78, 5) is 37.7. The maximum atomic E-state index is 11.9. The monoisotopic (exact) mass is 387 g/mol. The van der Waals surface area contributed by atoms with Gasteiger partial charge in [0.05, 0.1) is 28.6 Å². The number of furan rings is 1. The Hall–Kier alpha value is -3.40. The van der Waals surface area contributed by atoms with Gasteiger partial charge >= 0.3 is 0 Å². The molecule has 0 atom stereocenters. The summed E-state index contributed by atoms with van der Waals surface area (Å²) in [6.45, 7) is 1.32. The summed E-state index contributed by atoms with van der Waals surface area (Å²) >= 11 is 1.00. The van der Waals surface area contributed by atoms with E-state index in [0.717, 1.165) is 11.8 Å². The van der Waals surface area contributed by atoms with Crippen molar-refractivity contribution >= 4 is 40.5 Å². The standard InChI is InChI=1S/C17H13N3O6S/c1-9(21)18-17-19-16(22)15(27-17)8-11-4-6-14(26-11)12-5-3-10(25-2)7-13(12)20(23)24/h3-8H,1-2H3,(H,18,19,21,22)/b15-8-. The van der Waals surface area contributed by atoms with Crippen molar-refractivity contribution in [2.75, 3.05) is 7.11 Å². The number of carbonyl (C=O) groups is 2. The number of aliphatic imine (C=N–C) groups is 1. The SMILES string of the molecule is COc1ccc(-c2ccc(/C=C3\SC(NC(C)=O)=NC3=O)o2)c([N+](=O)[O-])c1. The van der Waals surface area contributed by atoms with Crippen molar-refractivity contribution in [2.45, 2.75) is 6.92 Å². The van der Waals surface area contributed by atoms with Crippen LogP contribution in [-0.4, -0.2) is 29.0 Å². The van der Waals surface area contributed by atoms with E-state index < -0.39 is 10.8 Å². The molecule has 1 aliphatic rings. The van der Waals surface area contributed by atoms with E-state index in [-0.39, 0.29) is 33.0 Å². The van der Waals surface area contributed by atoms with E-state index in [1.54, 1.807) is 18.2 Å². The van der Waals surface area contributed by atoms with Gasteiger partial charge < -0.3 is 14.5 Å². The molecule has 138 valence electrons. The zero-order valence-corrected chi connectivity index (χ0v) is 15.0. The quantitative estimate of drug-likeness (QED) is 0.486. The van der Waals surface area contributed by atoms with Gasteiger partial charge in [0.1, 0.15) is 17.3 Å². The third-order valence-corrected chi connectivity index (χ3v) is 4.37. The first-order valence-electron chi connectivity index (χ1n) is 7.60. The van der Waals surface area contributed by atoms with Crippen LogP contribution in [0.15, 0.2) is 44.6 Å². The average molecular weight is 387 g/mol. The van der Waals surface area contributed by atoms with E-state index in [1.807, 2.05) is 0 Å². The molecule has 0 saturated heterocycles. The Morgan fingerprint density at radius 2 is 2.15 bits per heavy atom. The summed E-state index contributed by atoms with van der Waals surface area (Å²) in [5.41, 5.74) is 0.122. The van der Waals surface area contributed by atoms with Crippen LogP contribution in [0.25, 0.3) is 17.4 Å². The number of hydrogen-bond donors (Lipinski definition) is 1. The number of nitro benzene ring substituents is 1. The molecule has 0 unspecified atom stereocenters. The van der Waals surface area contributed by atoms with Gasteiger partial charge in [0.25, 0.3) is 11.6 Å². The van der Waals surface area contributed by atoms with Crippen LogP contribution >= 0.6 is 11.8 Å². The van der Waals surface area contributed by atoms with Crippen LogP contribution in [0.2, 0.25) is 0 Å². The van der Waals surface area contributed by atoms with E-state index in [1.165, 1.54) is 32.2 Å². The molecule has 1 aromatic carbocycles. The van der Waals surface area contributed by atoms with Crippen molar-refractivity contribution < 1.29 is 23.7 Å². The number of hydrogen-bond acceptors (Lipinski definition) is 7. The number of ether oxygens (including phenoxy) is 1. The van der Waals surface area contributed by atoms with Gasteiger partial charge in [-0.25, -0.2) is 0 Å². The number of carbonyl (C=O) groups excluding carboxylic acids is 2. The summed E-state index contributed by atoms with van der Waals surface area (Å²) in [5, 5.41) is 14.0. The molecule has 0 aliphatic carbocycles. The van der Waals surface area contributed by atoms with Crippen LogP contribution in [0.5, 0.6) is 5.75 Å². The van der Waals surface area contributed by atoms with Gasteiger partial charge in [-0.2, -0.15) is 4.99 Å². The molecule has 1 N–H and O–H groups in total. The zero-order valence-electron chi connectivity index (χ0n) is 14.2. The first-order chi connectivity index (χ1) is 12.9. The Kier molecular flexibility index (Phi) is 5.08. The number of rotatable bonds is 4. The third kappa shape index (κ3) is 4.06. The molecule has 0 radical (unpaired) electrons. The highest BCUT2D eigenvalue weighted by Gasteiger charge is 2.24. The van der Waals surface area contributed by atoms with Gasteiger partial charge in [0, 0.05) is 13.0 Å². The summed E-state index contributed by atoms with van der Waals surface area (Å²) < 4.78 is 10.6. The largest absolute Gasteiger partial charge is 0.497 e. The van der Waals surface area contributed by atoms with Crippen molar-refractivity contribution in [1.29, 1.82) is 0 Å². The summed E-state index contributed by atoms with van der Waals surface area (Å²) in [6.07, 6.45) is 1.46. The first kappa shape index (κ1) is 18.4.